The molecule has 0 bridgehead atoms. The molecular formula is C17H23NOS. The first-order valence-electron chi connectivity index (χ1n) is 7.67. The van der Waals surface area contributed by atoms with E-state index in [2.05, 4.69) is 43.0 Å². The van der Waals surface area contributed by atoms with Crippen LogP contribution < -0.4 is 0 Å². The summed E-state index contributed by atoms with van der Waals surface area (Å²) < 4.78 is 7.50. The Morgan fingerprint density at radius 1 is 1.25 bits per heavy atom. The molecule has 1 unspecified atom stereocenters. The highest BCUT2D eigenvalue weighted by Crippen LogP contribution is 2.41. The number of ether oxygens (including phenoxy) is 1. The third-order valence-corrected chi connectivity index (χ3v) is 5.53. The molecule has 1 aromatic heterocycles. The molecule has 0 amide bonds. The third kappa shape index (κ3) is 2.62. The van der Waals surface area contributed by atoms with Crippen LogP contribution in [0.3, 0.4) is 0 Å². The molecule has 20 heavy (non-hydrogen) atoms. The van der Waals surface area contributed by atoms with E-state index in [1.807, 2.05) is 11.3 Å². The van der Waals surface area contributed by atoms with Crippen LogP contribution in [0.1, 0.15) is 36.8 Å². The molecular weight excluding hydrogens is 266 g/mol. The minimum Gasteiger partial charge on any atom is -0.373 e. The highest BCUT2D eigenvalue weighted by molar-refractivity contribution is 7.19. The molecule has 2 aromatic rings. The van der Waals surface area contributed by atoms with E-state index < -0.39 is 0 Å². The number of thiophene rings is 1. The van der Waals surface area contributed by atoms with Crippen molar-refractivity contribution in [1.82, 2.24) is 4.90 Å². The van der Waals surface area contributed by atoms with E-state index in [-0.39, 0.29) is 6.10 Å². The fourth-order valence-corrected chi connectivity index (χ4v) is 4.34. The van der Waals surface area contributed by atoms with Crippen LogP contribution in [-0.4, -0.2) is 31.1 Å². The average molecular weight is 289 g/mol. The average Bonchev–Trinajstić information content (AvgIpc) is 2.87. The van der Waals surface area contributed by atoms with Gasteiger partial charge in [0.25, 0.3) is 0 Å². The lowest BCUT2D eigenvalue weighted by Gasteiger charge is -2.26. The monoisotopic (exact) mass is 289 g/mol. The van der Waals surface area contributed by atoms with Gasteiger partial charge in [0.05, 0.1) is 12.7 Å². The second-order valence-corrected chi connectivity index (χ2v) is 6.50. The molecule has 0 spiro atoms. The number of benzene rings is 1. The number of fused-ring (bicyclic) bond motifs is 3. The van der Waals surface area contributed by atoms with Crippen LogP contribution in [0.25, 0.3) is 10.1 Å². The topological polar surface area (TPSA) is 12.5 Å². The summed E-state index contributed by atoms with van der Waals surface area (Å²) in [5.41, 5.74) is 1.48. The first kappa shape index (κ1) is 14.1. The first-order valence-corrected chi connectivity index (χ1v) is 8.49. The van der Waals surface area contributed by atoms with E-state index in [9.17, 15) is 0 Å². The molecule has 108 valence electrons. The van der Waals surface area contributed by atoms with E-state index in [0.717, 1.165) is 39.1 Å². The van der Waals surface area contributed by atoms with Crippen molar-refractivity contribution in [2.45, 2.75) is 32.8 Å². The van der Waals surface area contributed by atoms with Crippen molar-refractivity contribution in [1.29, 1.82) is 0 Å². The summed E-state index contributed by atoms with van der Waals surface area (Å²) in [6.45, 7) is 8.72. The normalized spacial score (nSPS) is 18.6. The van der Waals surface area contributed by atoms with Crippen LogP contribution >= 0.6 is 11.3 Å². The van der Waals surface area contributed by atoms with E-state index in [1.165, 1.54) is 15.6 Å². The van der Waals surface area contributed by atoms with Crippen LogP contribution in [0.5, 0.6) is 0 Å². The maximum atomic E-state index is 6.09. The Labute approximate surface area is 125 Å². The van der Waals surface area contributed by atoms with E-state index in [4.69, 9.17) is 4.74 Å². The minimum atomic E-state index is 0.287. The largest absolute Gasteiger partial charge is 0.373 e. The molecule has 2 nitrogen and oxygen atoms in total. The smallest absolute Gasteiger partial charge is 0.0854 e. The van der Waals surface area contributed by atoms with E-state index in [1.54, 1.807) is 4.88 Å². The van der Waals surface area contributed by atoms with Gasteiger partial charge in [0.15, 0.2) is 0 Å². The van der Waals surface area contributed by atoms with Gasteiger partial charge in [-0.25, -0.2) is 0 Å². The molecule has 1 aromatic carbocycles. The van der Waals surface area contributed by atoms with Gasteiger partial charge in [0, 0.05) is 28.1 Å². The zero-order valence-corrected chi connectivity index (χ0v) is 13.2. The van der Waals surface area contributed by atoms with Crippen molar-refractivity contribution >= 4 is 21.4 Å². The summed E-state index contributed by atoms with van der Waals surface area (Å²) in [4.78, 5) is 4.02. The van der Waals surface area contributed by atoms with Gasteiger partial charge < -0.3 is 9.64 Å². The van der Waals surface area contributed by atoms with E-state index >= 15 is 0 Å². The second kappa shape index (κ2) is 6.25. The Morgan fingerprint density at radius 3 is 2.85 bits per heavy atom. The van der Waals surface area contributed by atoms with Crippen LogP contribution in [0.4, 0.5) is 0 Å². The molecule has 1 aliphatic rings. The van der Waals surface area contributed by atoms with Gasteiger partial charge in [0.2, 0.25) is 0 Å². The zero-order chi connectivity index (χ0) is 13.9. The summed E-state index contributed by atoms with van der Waals surface area (Å²) in [7, 11) is 0. The van der Waals surface area contributed by atoms with Crippen molar-refractivity contribution in [3.05, 3.63) is 34.7 Å². The Balaban J connectivity index is 1.85. The maximum absolute atomic E-state index is 6.09. The molecule has 0 saturated carbocycles. The maximum Gasteiger partial charge on any atom is 0.0854 e. The van der Waals surface area contributed by atoms with Gasteiger partial charge in [-0.2, -0.15) is 0 Å². The SMILES string of the molecule is CCN(CC)CCC1OCCc2sc3ccccc3c21. The molecule has 0 saturated heterocycles. The lowest BCUT2D eigenvalue weighted by Crippen LogP contribution is -2.27. The van der Waals surface area contributed by atoms with E-state index in [0.29, 0.717) is 0 Å². The molecule has 0 fully saturated rings. The van der Waals surface area contributed by atoms with Gasteiger partial charge in [-0.3, -0.25) is 0 Å². The summed E-state index contributed by atoms with van der Waals surface area (Å²) in [6, 6.07) is 8.77. The van der Waals surface area contributed by atoms with Crippen LogP contribution in [0.15, 0.2) is 24.3 Å². The van der Waals surface area contributed by atoms with Crippen LogP contribution in [0, 0.1) is 0 Å². The van der Waals surface area contributed by atoms with Crippen LogP contribution in [0.2, 0.25) is 0 Å². The highest BCUT2D eigenvalue weighted by atomic mass is 32.1. The summed E-state index contributed by atoms with van der Waals surface area (Å²) in [5.74, 6) is 0. The van der Waals surface area contributed by atoms with Crippen molar-refractivity contribution < 1.29 is 4.74 Å². The standard InChI is InChI=1S/C17H23NOS/c1-3-18(4-2)11-9-14-17-13-7-5-6-8-15(13)20-16(17)10-12-19-14/h5-8,14H,3-4,9-12H2,1-2H3. The fourth-order valence-electron chi connectivity index (χ4n) is 3.10. The van der Waals surface area contributed by atoms with Gasteiger partial charge >= 0.3 is 0 Å². The molecule has 0 radical (unpaired) electrons. The van der Waals surface area contributed by atoms with Gasteiger partial charge in [-0.05, 0) is 31.0 Å². The minimum absolute atomic E-state index is 0.287. The first-order chi connectivity index (χ1) is 9.83. The molecule has 1 aliphatic heterocycles. The molecule has 3 heteroatoms. The number of hydrogen-bond acceptors (Lipinski definition) is 3. The van der Waals surface area contributed by atoms with Gasteiger partial charge in [0.1, 0.15) is 0 Å². The quantitative estimate of drug-likeness (QED) is 0.816. The predicted octanol–water partition coefficient (Wildman–Crippen LogP) is 4.25. The Hall–Kier alpha value is -0.900. The fraction of sp³-hybridized carbons (Fsp3) is 0.529. The van der Waals surface area contributed by atoms with Crippen molar-refractivity contribution in [2.24, 2.45) is 0 Å². The predicted molar refractivity (Wildman–Crippen MR) is 86.6 cm³/mol. The van der Waals surface area contributed by atoms with Crippen molar-refractivity contribution in [3.63, 3.8) is 0 Å². The molecule has 2 heterocycles. The zero-order valence-electron chi connectivity index (χ0n) is 12.4. The molecule has 1 atom stereocenters. The Morgan fingerprint density at radius 2 is 2.05 bits per heavy atom. The molecule has 3 rings (SSSR count). The van der Waals surface area contributed by atoms with Crippen molar-refractivity contribution in [2.75, 3.05) is 26.2 Å². The van der Waals surface area contributed by atoms with Crippen molar-refractivity contribution in [3.8, 4) is 0 Å². The lowest BCUT2D eigenvalue weighted by atomic mass is 9.99. The second-order valence-electron chi connectivity index (χ2n) is 5.36. The molecule has 0 aliphatic carbocycles. The van der Waals surface area contributed by atoms with Crippen LogP contribution in [-0.2, 0) is 11.2 Å². The Kier molecular flexibility index (Phi) is 4.39. The number of hydrogen-bond donors (Lipinski definition) is 0. The lowest BCUT2D eigenvalue weighted by molar-refractivity contribution is 0.0322. The summed E-state index contributed by atoms with van der Waals surface area (Å²) in [5, 5.41) is 1.41. The van der Waals surface area contributed by atoms with Gasteiger partial charge in [-0.15, -0.1) is 11.3 Å². The highest BCUT2D eigenvalue weighted by Gasteiger charge is 2.25. The Bertz CT molecular complexity index is 573. The van der Waals surface area contributed by atoms with Gasteiger partial charge in [-0.1, -0.05) is 32.0 Å². The summed E-state index contributed by atoms with van der Waals surface area (Å²) in [6.07, 6.45) is 2.47. The third-order valence-electron chi connectivity index (χ3n) is 4.28. The number of nitrogens with zero attached hydrogens (tertiary/aromatic N) is 1. The number of rotatable bonds is 5. The molecule has 0 N–H and O–H groups in total. The summed E-state index contributed by atoms with van der Waals surface area (Å²) >= 11 is 1.96.